The number of piperidine rings is 1. The van der Waals surface area contributed by atoms with Crippen LogP contribution < -0.4 is 5.73 Å². The standard InChI is InChI=1S/C15H21N3O3/c1-10-12(4-3-6-17-10)15(20)18-7-5-13(21-2)11(9-18)8-14(16)19/h3-4,6,11,13H,5,7-9H2,1-2H3,(H2,16,19)/t11-,13-/m1/s1. The summed E-state index contributed by atoms with van der Waals surface area (Å²) in [5, 5.41) is 0. The Bertz CT molecular complexity index is 533. The molecule has 114 valence electrons. The van der Waals surface area contributed by atoms with Crippen LogP contribution in [0.2, 0.25) is 0 Å². The van der Waals surface area contributed by atoms with Gasteiger partial charge in [0.15, 0.2) is 0 Å². The first-order chi connectivity index (χ1) is 10.0. The van der Waals surface area contributed by atoms with Gasteiger partial charge in [0.2, 0.25) is 5.91 Å². The first-order valence-corrected chi connectivity index (χ1v) is 7.05. The molecular weight excluding hydrogens is 270 g/mol. The van der Waals surface area contributed by atoms with Crippen molar-refractivity contribution in [3.63, 3.8) is 0 Å². The average molecular weight is 291 g/mol. The van der Waals surface area contributed by atoms with Crippen LogP contribution in [0.15, 0.2) is 18.3 Å². The molecule has 2 atom stereocenters. The van der Waals surface area contributed by atoms with Crippen LogP contribution in [0.3, 0.4) is 0 Å². The van der Waals surface area contributed by atoms with Crippen molar-refractivity contribution in [2.24, 2.45) is 11.7 Å². The number of pyridine rings is 1. The monoisotopic (exact) mass is 291 g/mol. The van der Waals surface area contributed by atoms with Gasteiger partial charge in [-0.25, -0.2) is 0 Å². The Kier molecular flexibility index (Phi) is 4.90. The number of carbonyl (C=O) groups is 2. The summed E-state index contributed by atoms with van der Waals surface area (Å²) in [6, 6.07) is 3.53. The molecule has 0 saturated carbocycles. The first-order valence-electron chi connectivity index (χ1n) is 7.05. The van der Waals surface area contributed by atoms with Crippen molar-refractivity contribution < 1.29 is 14.3 Å². The van der Waals surface area contributed by atoms with Gasteiger partial charge in [0.05, 0.1) is 11.7 Å². The molecule has 1 fully saturated rings. The van der Waals surface area contributed by atoms with Gasteiger partial charge in [0, 0.05) is 44.4 Å². The van der Waals surface area contributed by atoms with Gasteiger partial charge in [0.1, 0.15) is 0 Å². The molecule has 1 saturated heterocycles. The molecular formula is C15H21N3O3. The number of amides is 2. The Morgan fingerprint density at radius 1 is 1.52 bits per heavy atom. The van der Waals surface area contributed by atoms with E-state index in [0.717, 1.165) is 0 Å². The van der Waals surface area contributed by atoms with Gasteiger partial charge in [0.25, 0.3) is 5.91 Å². The number of primary amides is 1. The number of nitrogens with zero attached hydrogens (tertiary/aromatic N) is 2. The molecule has 0 spiro atoms. The van der Waals surface area contributed by atoms with Gasteiger partial charge < -0.3 is 15.4 Å². The molecule has 0 aliphatic carbocycles. The highest BCUT2D eigenvalue weighted by Gasteiger charge is 2.33. The highest BCUT2D eigenvalue weighted by Crippen LogP contribution is 2.24. The fourth-order valence-electron chi connectivity index (χ4n) is 2.84. The van der Waals surface area contributed by atoms with Crippen LogP contribution in [0.4, 0.5) is 0 Å². The second-order valence-electron chi connectivity index (χ2n) is 5.38. The Balaban J connectivity index is 2.12. The number of aryl methyl sites for hydroxylation is 1. The predicted molar refractivity (Wildman–Crippen MR) is 77.6 cm³/mol. The molecule has 2 heterocycles. The highest BCUT2D eigenvalue weighted by atomic mass is 16.5. The van der Waals surface area contributed by atoms with Crippen LogP contribution in [0.25, 0.3) is 0 Å². The molecule has 21 heavy (non-hydrogen) atoms. The van der Waals surface area contributed by atoms with Crippen LogP contribution in [0.5, 0.6) is 0 Å². The number of hydrogen-bond donors (Lipinski definition) is 1. The fourth-order valence-corrected chi connectivity index (χ4v) is 2.84. The molecule has 1 aliphatic rings. The third-order valence-electron chi connectivity index (χ3n) is 3.95. The van der Waals surface area contributed by atoms with Gasteiger partial charge in [-0.1, -0.05) is 0 Å². The predicted octanol–water partition coefficient (Wildman–Crippen LogP) is 0.743. The fraction of sp³-hybridized carbons (Fsp3) is 0.533. The zero-order valence-corrected chi connectivity index (χ0v) is 12.4. The van der Waals surface area contributed by atoms with E-state index in [2.05, 4.69) is 4.98 Å². The zero-order chi connectivity index (χ0) is 15.4. The Morgan fingerprint density at radius 2 is 2.29 bits per heavy atom. The average Bonchev–Trinajstić information content (AvgIpc) is 2.46. The molecule has 0 aromatic carbocycles. The molecule has 0 bridgehead atoms. The summed E-state index contributed by atoms with van der Waals surface area (Å²) < 4.78 is 5.40. The summed E-state index contributed by atoms with van der Waals surface area (Å²) in [6.45, 7) is 2.91. The van der Waals surface area contributed by atoms with Crippen LogP contribution in [-0.2, 0) is 9.53 Å². The van der Waals surface area contributed by atoms with Gasteiger partial charge in [-0.3, -0.25) is 14.6 Å². The molecule has 0 unspecified atom stereocenters. The van der Waals surface area contributed by atoms with Crippen LogP contribution in [0, 0.1) is 12.8 Å². The van der Waals surface area contributed by atoms with Gasteiger partial charge >= 0.3 is 0 Å². The molecule has 2 N–H and O–H groups in total. The van der Waals surface area contributed by atoms with Crippen LogP contribution >= 0.6 is 0 Å². The second-order valence-corrected chi connectivity index (χ2v) is 5.38. The zero-order valence-electron chi connectivity index (χ0n) is 12.4. The minimum atomic E-state index is -0.367. The molecule has 1 aromatic rings. The van der Waals surface area contributed by atoms with E-state index in [9.17, 15) is 9.59 Å². The summed E-state index contributed by atoms with van der Waals surface area (Å²) in [6.07, 6.45) is 2.57. The molecule has 2 rings (SSSR count). The van der Waals surface area contributed by atoms with Crippen molar-refractivity contribution in [3.8, 4) is 0 Å². The van der Waals surface area contributed by atoms with Gasteiger partial charge in [-0.2, -0.15) is 0 Å². The van der Waals surface area contributed by atoms with E-state index in [4.69, 9.17) is 10.5 Å². The Labute approximate surface area is 124 Å². The lowest BCUT2D eigenvalue weighted by molar-refractivity contribution is -0.121. The van der Waals surface area contributed by atoms with E-state index >= 15 is 0 Å². The highest BCUT2D eigenvalue weighted by molar-refractivity contribution is 5.95. The van der Waals surface area contributed by atoms with Crippen molar-refractivity contribution in [2.75, 3.05) is 20.2 Å². The lowest BCUT2D eigenvalue weighted by Crippen LogP contribution is -2.47. The maximum atomic E-state index is 12.6. The molecule has 2 amide bonds. The number of nitrogens with two attached hydrogens (primary N) is 1. The number of aromatic nitrogens is 1. The molecule has 6 nitrogen and oxygen atoms in total. The Morgan fingerprint density at radius 3 is 2.90 bits per heavy atom. The normalized spacial score (nSPS) is 22.1. The van der Waals surface area contributed by atoms with Crippen molar-refractivity contribution in [1.82, 2.24) is 9.88 Å². The number of methoxy groups -OCH3 is 1. The summed E-state index contributed by atoms with van der Waals surface area (Å²) >= 11 is 0. The molecule has 0 radical (unpaired) electrons. The first kappa shape index (κ1) is 15.4. The van der Waals surface area contributed by atoms with Gasteiger partial charge in [-0.15, -0.1) is 0 Å². The van der Waals surface area contributed by atoms with Crippen molar-refractivity contribution >= 4 is 11.8 Å². The van der Waals surface area contributed by atoms with E-state index in [1.165, 1.54) is 0 Å². The molecule has 1 aromatic heterocycles. The van der Waals surface area contributed by atoms with E-state index in [1.807, 2.05) is 6.92 Å². The third-order valence-corrected chi connectivity index (χ3v) is 3.95. The lowest BCUT2D eigenvalue weighted by Gasteiger charge is -2.37. The number of likely N-dealkylation sites (tertiary alicyclic amines) is 1. The molecule has 6 heteroatoms. The van der Waals surface area contributed by atoms with E-state index in [-0.39, 0.29) is 30.3 Å². The SMILES string of the molecule is CO[C@@H]1CCN(C(=O)c2cccnc2C)C[C@H]1CC(N)=O. The van der Waals surface area contributed by atoms with E-state index < -0.39 is 0 Å². The number of ether oxygens (including phenoxy) is 1. The lowest BCUT2D eigenvalue weighted by atomic mass is 9.91. The minimum absolute atomic E-state index is 0.0310. The maximum absolute atomic E-state index is 12.6. The van der Waals surface area contributed by atoms with Crippen molar-refractivity contribution in [3.05, 3.63) is 29.6 Å². The number of rotatable bonds is 4. The van der Waals surface area contributed by atoms with Gasteiger partial charge in [-0.05, 0) is 25.5 Å². The van der Waals surface area contributed by atoms with Crippen LogP contribution in [-0.4, -0.2) is 48.0 Å². The largest absolute Gasteiger partial charge is 0.381 e. The summed E-state index contributed by atoms with van der Waals surface area (Å²) in [5.41, 5.74) is 6.60. The summed E-state index contributed by atoms with van der Waals surface area (Å²) in [5.74, 6) is -0.472. The minimum Gasteiger partial charge on any atom is -0.381 e. The van der Waals surface area contributed by atoms with Crippen LogP contribution in [0.1, 0.15) is 28.9 Å². The third kappa shape index (κ3) is 3.58. The maximum Gasteiger partial charge on any atom is 0.255 e. The topological polar surface area (TPSA) is 85.5 Å². The quantitative estimate of drug-likeness (QED) is 0.886. The van der Waals surface area contributed by atoms with Crippen molar-refractivity contribution in [2.45, 2.75) is 25.9 Å². The van der Waals surface area contributed by atoms with E-state index in [1.54, 1.807) is 30.3 Å². The summed E-state index contributed by atoms with van der Waals surface area (Å²) in [7, 11) is 1.63. The Hall–Kier alpha value is -1.95. The van der Waals surface area contributed by atoms with E-state index in [0.29, 0.717) is 30.8 Å². The summed E-state index contributed by atoms with van der Waals surface area (Å²) in [4.78, 5) is 29.7. The van der Waals surface area contributed by atoms with Crippen molar-refractivity contribution in [1.29, 1.82) is 0 Å². The smallest absolute Gasteiger partial charge is 0.255 e. The number of carbonyl (C=O) groups excluding carboxylic acids is 2. The molecule has 1 aliphatic heterocycles. The number of hydrogen-bond acceptors (Lipinski definition) is 4. The second kappa shape index (κ2) is 6.67.